The highest BCUT2D eigenvalue weighted by atomic mass is 32.2. The van der Waals surface area contributed by atoms with Gasteiger partial charge in [0, 0.05) is 12.4 Å². The molecule has 2 aromatic heterocycles. The molecule has 0 atom stereocenters. The standard InChI is InChI=1S/C27H27N5O5S/c1-17-15-18(2)20(19(3)16-17)11-14-38(33,34)32-24-23(37-22-10-7-6-9-21(22)35-4)27(36-5)31-26(30-24)25-28-12-8-13-29-25/h6-16H,1-5H3,(H,30,31,32). The van der Waals surface area contributed by atoms with Crippen LogP contribution in [0.3, 0.4) is 0 Å². The van der Waals surface area contributed by atoms with Gasteiger partial charge >= 0.3 is 0 Å². The summed E-state index contributed by atoms with van der Waals surface area (Å²) in [7, 11) is -1.18. The Balaban J connectivity index is 1.80. The highest BCUT2D eigenvalue weighted by Gasteiger charge is 2.24. The monoisotopic (exact) mass is 533 g/mol. The Bertz CT molecular complexity index is 1570. The van der Waals surface area contributed by atoms with E-state index in [0.717, 1.165) is 27.7 Å². The number of hydrogen-bond donors (Lipinski definition) is 1. The van der Waals surface area contributed by atoms with Crippen LogP contribution < -0.4 is 18.9 Å². The van der Waals surface area contributed by atoms with Gasteiger partial charge in [0.1, 0.15) is 0 Å². The molecule has 1 N–H and O–H groups in total. The molecule has 0 aliphatic heterocycles. The molecular formula is C27H27N5O5S. The van der Waals surface area contributed by atoms with Crippen molar-refractivity contribution in [2.75, 3.05) is 18.9 Å². The van der Waals surface area contributed by atoms with E-state index >= 15 is 0 Å². The molecule has 0 fully saturated rings. The van der Waals surface area contributed by atoms with Crippen LogP contribution in [-0.4, -0.2) is 42.6 Å². The molecule has 4 rings (SSSR count). The summed E-state index contributed by atoms with van der Waals surface area (Å²) in [5.41, 5.74) is 3.83. The molecule has 196 valence electrons. The van der Waals surface area contributed by atoms with E-state index in [1.807, 2.05) is 32.9 Å². The van der Waals surface area contributed by atoms with Crippen LogP contribution in [0, 0.1) is 20.8 Å². The molecule has 2 aromatic carbocycles. The molecule has 38 heavy (non-hydrogen) atoms. The number of anilines is 1. The van der Waals surface area contributed by atoms with Crippen LogP contribution in [0.15, 0.2) is 60.3 Å². The Labute approximate surface area is 221 Å². The number of benzene rings is 2. The number of nitrogens with zero attached hydrogens (tertiary/aromatic N) is 4. The molecule has 0 saturated heterocycles. The lowest BCUT2D eigenvalue weighted by Crippen LogP contribution is -2.13. The van der Waals surface area contributed by atoms with E-state index in [-0.39, 0.29) is 29.1 Å². The number of aromatic nitrogens is 4. The second-order valence-electron chi connectivity index (χ2n) is 8.32. The molecule has 0 radical (unpaired) electrons. The lowest BCUT2D eigenvalue weighted by molar-refractivity contribution is 0.348. The predicted octanol–water partition coefficient (Wildman–Crippen LogP) is 5.08. The molecule has 0 amide bonds. The van der Waals surface area contributed by atoms with Gasteiger partial charge in [-0.3, -0.25) is 4.72 Å². The molecule has 11 heteroatoms. The Hall–Kier alpha value is -4.51. The van der Waals surface area contributed by atoms with E-state index in [4.69, 9.17) is 14.2 Å². The average Bonchev–Trinajstić information content (AvgIpc) is 2.89. The normalized spacial score (nSPS) is 11.4. The van der Waals surface area contributed by atoms with Crippen molar-refractivity contribution in [3.8, 4) is 34.8 Å². The van der Waals surface area contributed by atoms with Gasteiger partial charge in [0.15, 0.2) is 23.1 Å². The second kappa shape index (κ2) is 11.3. The first-order valence-electron chi connectivity index (χ1n) is 11.5. The minimum atomic E-state index is -4.06. The zero-order valence-electron chi connectivity index (χ0n) is 21.6. The molecule has 0 unspecified atom stereocenters. The Morgan fingerprint density at radius 2 is 1.50 bits per heavy atom. The van der Waals surface area contributed by atoms with Gasteiger partial charge in [-0.05, 0) is 61.7 Å². The van der Waals surface area contributed by atoms with Gasteiger partial charge in [0.2, 0.25) is 11.6 Å². The number of ether oxygens (including phenoxy) is 3. The van der Waals surface area contributed by atoms with Crippen molar-refractivity contribution in [2.45, 2.75) is 20.8 Å². The second-order valence-corrected chi connectivity index (χ2v) is 9.89. The van der Waals surface area contributed by atoms with Crippen molar-refractivity contribution >= 4 is 21.9 Å². The first-order chi connectivity index (χ1) is 18.2. The minimum absolute atomic E-state index is 0.0275. The van der Waals surface area contributed by atoms with Gasteiger partial charge in [0.05, 0.1) is 19.6 Å². The summed E-state index contributed by atoms with van der Waals surface area (Å²) >= 11 is 0. The highest BCUT2D eigenvalue weighted by molar-refractivity contribution is 7.95. The lowest BCUT2D eigenvalue weighted by atomic mass is 10.0. The van der Waals surface area contributed by atoms with Crippen molar-refractivity contribution in [1.82, 2.24) is 19.9 Å². The molecule has 10 nitrogen and oxygen atoms in total. The van der Waals surface area contributed by atoms with Crippen molar-refractivity contribution in [3.05, 3.63) is 82.5 Å². The van der Waals surface area contributed by atoms with Gasteiger partial charge < -0.3 is 14.2 Å². The van der Waals surface area contributed by atoms with Gasteiger partial charge in [0.25, 0.3) is 15.9 Å². The molecule has 2 heterocycles. The van der Waals surface area contributed by atoms with Crippen LogP contribution in [0.5, 0.6) is 23.1 Å². The Morgan fingerprint density at radius 3 is 2.13 bits per heavy atom. The maximum absolute atomic E-state index is 13.2. The quantitative estimate of drug-likeness (QED) is 0.313. The molecular weight excluding hydrogens is 506 g/mol. The number of rotatable bonds is 9. The predicted molar refractivity (Wildman–Crippen MR) is 145 cm³/mol. The molecule has 0 bridgehead atoms. The third-order valence-electron chi connectivity index (χ3n) is 5.47. The smallest absolute Gasteiger partial charge is 0.263 e. The summed E-state index contributed by atoms with van der Waals surface area (Å²) in [6, 6.07) is 12.5. The first-order valence-corrected chi connectivity index (χ1v) is 13.1. The maximum Gasteiger partial charge on any atom is 0.263 e. The summed E-state index contributed by atoms with van der Waals surface area (Å²) in [5.74, 6) is 0.702. The van der Waals surface area contributed by atoms with Crippen molar-refractivity contribution in [1.29, 1.82) is 0 Å². The summed E-state index contributed by atoms with van der Waals surface area (Å²) in [6.45, 7) is 5.85. The van der Waals surface area contributed by atoms with E-state index in [0.29, 0.717) is 11.5 Å². The molecule has 4 aromatic rings. The molecule has 0 aliphatic rings. The van der Waals surface area contributed by atoms with Crippen LogP contribution in [0.25, 0.3) is 17.7 Å². The van der Waals surface area contributed by atoms with Crippen LogP contribution in [-0.2, 0) is 10.0 Å². The summed E-state index contributed by atoms with van der Waals surface area (Å²) in [5, 5.41) is 1.08. The number of sulfonamides is 1. The zero-order chi connectivity index (χ0) is 27.3. The summed E-state index contributed by atoms with van der Waals surface area (Å²) in [4.78, 5) is 17.1. The number of para-hydroxylation sites is 2. The first kappa shape index (κ1) is 26.6. The summed E-state index contributed by atoms with van der Waals surface area (Å²) in [6.07, 6.45) is 4.60. The van der Waals surface area contributed by atoms with E-state index in [1.54, 1.807) is 36.4 Å². The number of aryl methyl sites for hydroxylation is 3. The van der Waals surface area contributed by atoms with Crippen LogP contribution in [0.2, 0.25) is 0 Å². The Morgan fingerprint density at radius 1 is 0.842 bits per heavy atom. The van der Waals surface area contributed by atoms with E-state index in [2.05, 4.69) is 24.7 Å². The number of nitrogens with one attached hydrogen (secondary N) is 1. The maximum atomic E-state index is 13.2. The number of methoxy groups -OCH3 is 2. The molecule has 0 aliphatic carbocycles. The average molecular weight is 534 g/mol. The third-order valence-corrected chi connectivity index (χ3v) is 6.44. The van der Waals surface area contributed by atoms with Gasteiger partial charge in [-0.2, -0.15) is 4.98 Å². The molecule has 0 saturated carbocycles. The highest BCUT2D eigenvalue weighted by Crippen LogP contribution is 2.40. The van der Waals surface area contributed by atoms with E-state index in [9.17, 15) is 8.42 Å². The topological polar surface area (TPSA) is 125 Å². The largest absolute Gasteiger partial charge is 0.493 e. The third kappa shape index (κ3) is 6.06. The van der Waals surface area contributed by atoms with Crippen LogP contribution in [0.4, 0.5) is 5.82 Å². The van der Waals surface area contributed by atoms with Crippen LogP contribution in [0.1, 0.15) is 22.3 Å². The number of hydrogen-bond acceptors (Lipinski definition) is 9. The van der Waals surface area contributed by atoms with Gasteiger partial charge in [-0.15, -0.1) is 0 Å². The summed E-state index contributed by atoms with van der Waals surface area (Å²) < 4.78 is 45.8. The Kier molecular flexibility index (Phi) is 7.87. The van der Waals surface area contributed by atoms with E-state index < -0.39 is 10.0 Å². The van der Waals surface area contributed by atoms with Gasteiger partial charge in [-0.25, -0.2) is 23.4 Å². The fourth-order valence-corrected chi connectivity index (χ4v) is 4.63. The molecule has 0 spiro atoms. The fraction of sp³-hybridized carbons (Fsp3) is 0.185. The lowest BCUT2D eigenvalue weighted by Gasteiger charge is -2.16. The van der Waals surface area contributed by atoms with Crippen molar-refractivity contribution in [2.24, 2.45) is 0 Å². The van der Waals surface area contributed by atoms with E-state index in [1.165, 1.54) is 26.6 Å². The zero-order valence-corrected chi connectivity index (χ0v) is 22.4. The van der Waals surface area contributed by atoms with Crippen molar-refractivity contribution in [3.63, 3.8) is 0 Å². The van der Waals surface area contributed by atoms with Gasteiger partial charge in [-0.1, -0.05) is 29.8 Å². The fourth-order valence-electron chi connectivity index (χ4n) is 3.84. The van der Waals surface area contributed by atoms with Crippen molar-refractivity contribution < 1.29 is 22.6 Å². The van der Waals surface area contributed by atoms with Crippen LogP contribution >= 0.6 is 0 Å². The SMILES string of the molecule is COc1ccccc1Oc1c(NS(=O)(=O)C=Cc2c(C)cc(C)cc2C)nc(-c2ncccn2)nc1OC. The minimum Gasteiger partial charge on any atom is -0.493 e.